The summed E-state index contributed by atoms with van der Waals surface area (Å²) in [6.45, 7) is 11.2. The van der Waals surface area contributed by atoms with Crippen LogP contribution in [0.4, 0.5) is 8.78 Å². The number of halogens is 2. The Balaban J connectivity index is 0.000000271. The van der Waals surface area contributed by atoms with E-state index in [-0.39, 0.29) is 28.7 Å². The molecule has 0 radical (unpaired) electrons. The van der Waals surface area contributed by atoms with Crippen molar-refractivity contribution in [2.45, 2.75) is 169 Å². The van der Waals surface area contributed by atoms with Crippen molar-refractivity contribution >= 4 is 11.9 Å². The number of hydrogen-bond acceptors (Lipinski definition) is 6. The molecular weight excluding hydrogens is 915 g/mol. The summed E-state index contributed by atoms with van der Waals surface area (Å²) in [4.78, 5) is 25.1. The number of carbonyl (C=O) groups excluding carboxylic acids is 2. The molecule has 73 heavy (non-hydrogen) atoms. The van der Waals surface area contributed by atoms with E-state index in [4.69, 9.17) is 18.9 Å². The summed E-state index contributed by atoms with van der Waals surface area (Å²) in [6, 6.07) is 40.4. The molecule has 6 rings (SSSR count). The zero-order chi connectivity index (χ0) is 52.0. The SMILES string of the molecule is CCCCCCC(C)Oc1ccc(C(=O)Oc2ccc(-c3ccc(CCCCC)cc3)cc2)cc1F.CCCCCCCCCOc1ccc(C(=O)Oc2ccc(-c3ccc(CCCCC)cc3)cc2)cc1F. The van der Waals surface area contributed by atoms with Gasteiger partial charge in [-0.1, -0.05) is 184 Å². The van der Waals surface area contributed by atoms with Crippen LogP contribution in [0, 0.1) is 11.6 Å². The van der Waals surface area contributed by atoms with E-state index in [1.807, 2.05) is 31.2 Å². The zero-order valence-corrected chi connectivity index (χ0v) is 44.3. The van der Waals surface area contributed by atoms with Crippen LogP contribution in [-0.2, 0) is 12.8 Å². The molecule has 1 atom stereocenters. The van der Waals surface area contributed by atoms with Crippen LogP contribution in [0.25, 0.3) is 22.3 Å². The molecule has 0 aromatic heterocycles. The van der Waals surface area contributed by atoms with Crippen molar-refractivity contribution < 1.29 is 37.3 Å². The highest BCUT2D eigenvalue weighted by Crippen LogP contribution is 2.28. The minimum Gasteiger partial charge on any atom is -0.491 e. The van der Waals surface area contributed by atoms with Crippen LogP contribution in [0.15, 0.2) is 133 Å². The number of benzene rings is 6. The minimum atomic E-state index is -0.600. The maximum atomic E-state index is 14.6. The lowest BCUT2D eigenvalue weighted by atomic mass is 10.0. The van der Waals surface area contributed by atoms with E-state index in [2.05, 4.69) is 76.2 Å². The molecule has 0 amide bonds. The van der Waals surface area contributed by atoms with Gasteiger partial charge < -0.3 is 18.9 Å². The fraction of sp³-hybridized carbons (Fsp3) is 0.415. The number of rotatable bonds is 30. The predicted molar refractivity (Wildman–Crippen MR) is 295 cm³/mol. The average Bonchev–Trinajstić information content (AvgIpc) is 3.40. The third-order valence-electron chi connectivity index (χ3n) is 13.0. The van der Waals surface area contributed by atoms with Crippen molar-refractivity contribution in [1.29, 1.82) is 0 Å². The second kappa shape index (κ2) is 32.7. The third-order valence-corrected chi connectivity index (χ3v) is 13.0. The van der Waals surface area contributed by atoms with Gasteiger partial charge in [-0.3, -0.25) is 0 Å². The van der Waals surface area contributed by atoms with Gasteiger partial charge >= 0.3 is 11.9 Å². The molecule has 0 aliphatic carbocycles. The van der Waals surface area contributed by atoms with Crippen LogP contribution in [0.2, 0.25) is 0 Å². The van der Waals surface area contributed by atoms with E-state index >= 15 is 0 Å². The normalized spacial score (nSPS) is 11.3. The average molecular weight is 995 g/mol. The number of esters is 2. The van der Waals surface area contributed by atoms with Crippen LogP contribution in [0.3, 0.4) is 0 Å². The monoisotopic (exact) mass is 995 g/mol. The highest BCUT2D eigenvalue weighted by Gasteiger charge is 2.16. The molecule has 0 bridgehead atoms. The minimum absolute atomic E-state index is 0.0788. The summed E-state index contributed by atoms with van der Waals surface area (Å²) in [6.07, 6.45) is 23.2. The topological polar surface area (TPSA) is 71.1 Å². The lowest BCUT2D eigenvalue weighted by Crippen LogP contribution is -2.13. The van der Waals surface area contributed by atoms with Crippen LogP contribution in [0.5, 0.6) is 23.0 Å². The molecule has 1 unspecified atom stereocenters. The van der Waals surface area contributed by atoms with E-state index in [0.717, 1.165) is 67.2 Å². The molecule has 0 aliphatic heterocycles. The second-order valence-corrected chi connectivity index (χ2v) is 19.2. The molecule has 390 valence electrons. The summed E-state index contributed by atoms with van der Waals surface area (Å²) >= 11 is 0. The van der Waals surface area contributed by atoms with Crippen molar-refractivity contribution in [3.05, 3.63) is 167 Å². The summed E-state index contributed by atoms with van der Waals surface area (Å²) in [5, 5.41) is 0. The number of ether oxygens (including phenoxy) is 4. The molecule has 0 aliphatic rings. The zero-order valence-electron chi connectivity index (χ0n) is 44.3. The van der Waals surface area contributed by atoms with E-state index in [1.54, 1.807) is 36.4 Å². The van der Waals surface area contributed by atoms with Gasteiger partial charge in [0, 0.05) is 0 Å². The number of hydrogen-bond donors (Lipinski definition) is 0. The first-order valence-electron chi connectivity index (χ1n) is 27.3. The Morgan fingerprint density at radius 3 is 1.22 bits per heavy atom. The lowest BCUT2D eigenvalue weighted by Gasteiger charge is -2.15. The Kier molecular flexibility index (Phi) is 25.8. The van der Waals surface area contributed by atoms with Crippen LogP contribution in [-0.4, -0.2) is 24.6 Å². The molecule has 6 aromatic carbocycles. The van der Waals surface area contributed by atoms with Crippen molar-refractivity contribution in [3.63, 3.8) is 0 Å². The first-order chi connectivity index (χ1) is 35.6. The molecule has 0 saturated heterocycles. The maximum absolute atomic E-state index is 14.6. The first kappa shape index (κ1) is 57.6. The van der Waals surface area contributed by atoms with Gasteiger partial charge in [0.15, 0.2) is 23.1 Å². The van der Waals surface area contributed by atoms with E-state index < -0.39 is 23.6 Å². The predicted octanol–water partition coefficient (Wildman–Crippen LogP) is 18.8. The fourth-order valence-electron chi connectivity index (χ4n) is 8.49. The molecule has 0 spiro atoms. The van der Waals surface area contributed by atoms with Gasteiger partial charge in [0.2, 0.25) is 0 Å². The largest absolute Gasteiger partial charge is 0.491 e. The van der Waals surface area contributed by atoms with Crippen LogP contribution < -0.4 is 18.9 Å². The van der Waals surface area contributed by atoms with Gasteiger partial charge in [0.1, 0.15) is 11.5 Å². The van der Waals surface area contributed by atoms with Gasteiger partial charge in [0.05, 0.1) is 23.8 Å². The van der Waals surface area contributed by atoms with E-state index in [1.165, 1.54) is 119 Å². The quantitative estimate of drug-likeness (QED) is 0.0254. The summed E-state index contributed by atoms with van der Waals surface area (Å²) < 4.78 is 51.3. The molecule has 0 N–H and O–H groups in total. The van der Waals surface area contributed by atoms with Gasteiger partial charge in [-0.05, 0) is 146 Å². The van der Waals surface area contributed by atoms with Crippen LogP contribution in [0.1, 0.15) is 182 Å². The summed E-state index contributed by atoms with van der Waals surface area (Å²) in [5.41, 5.74) is 7.34. The van der Waals surface area contributed by atoms with E-state index in [0.29, 0.717) is 18.1 Å². The fourth-order valence-corrected chi connectivity index (χ4v) is 8.49. The Labute approximate surface area is 435 Å². The van der Waals surface area contributed by atoms with Gasteiger partial charge in [-0.2, -0.15) is 0 Å². The number of carbonyl (C=O) groups is 2. The highest BCUT2D eigenvalue weighted by atomic mass is 19.1. The van der Waals surface area contributed by atoms with Gasteiger partial charge in [0.25, 0.3) is 0 Å². The number of unbranched alkanes of at least 4 members (excludes halogenated alkanes) is 13. The molecule has 8 heteroatoms. The van der Waals surface area contributed by atoms with Crippen LogP contribution >= 0.6 is 0 Å². The van der Waals surface area contributed by atoms with Gasteiger partial charge in [-0.25, -0.2) is 18.4 Å². The number of aryl methyl sites for hydroxylation is 2. The van der Waals surface area contributed by atoms with Crippen molar-refractivity contribution in [1.82, 2.24) is 0 Å². The summed E-state index contributed by atoms with van der Waals surface area (Å²) in [5.74, 6) is -1.13. The maximum Gasteiger partial charge on any atom is 0.343 e. The molecule has 0 fully saturated rings. The second-order valence-electron chi connectivity index (χ2n) is 19.2. The van der Waals surface area contributed by atoms with Crippen molar-refractivity contribution in [3.8, 4) is 45.3 Å². The van der Waals surface area contributed by atoms with E-state index in [9.17, 15) is 18.4 Å². The highest BCUT2D eigenvalue weighted by molar-refractivity contribution is 5.92. The van der Waals surface area contributed by atoms with Gasteiger partial charge in [-0.15, -0.1) is 0 Å². The molecule has 0 heterocycles. The lowest BCUT2D eigenvalue weighted by molar-refractivity contribution is 0.0724. The van der Waals surface area contributed by atoms with Crippen molar-refractivity contribution in [2.24, 2.45) is 0 Å². The Bertz CT molecular complexity index is 2500. The Morgan fingerprint density at radius 2 is 0.795 bits per heavy atom. The Hall–Kier alpha value is -6.28. The standard InChI is InChI=1S/C33H41FO3.C32H39FO3/c1-3-5-7-8-9-10-12-24-36-32-23-20-29(25-31(32)34)33(35)37-30-21-18-28(19-22-30)27-16-14-26(15-17-27)13-11-6-4-2;1-4-6-8-10-11-24(3)35-31-22-19-28(23-30(31)33)32(34)36-29-20-17-27(18-21-29)26-15-13-25(14-16-26)12-9-7-5-2/h14-23,25H,3-13,24H2,1-2H3;13-24H,4-12H2,1-3H3. The first-order valence-corrected chi connectivity index (χ1v) is 27.3. The smallest absolute Gasteiger partial charge is 0.343 e. The Morgan fingerprint density at radius 1 is 0.425 bits per heavy atom. The van der Waals surface area contributed by atoms with Crippen molar-refractivity contribution in [2.75, 3.05) is 6.61 Å². The molecule has 0 saturated carbocycles. The summed E-state index contributed by atoms with van der Waals surface area (Å²) in [7, 11) is 0. The molecule has 6 aromatic rings. The third kappa shape index (κ3) is 20.6. The molecule has 6 nitrogen and oxygen atoms in total. The molecular formula is C65H80F2O6.